The minimum absolute atomic E-state index is 0.250. The Kier molecular flexibility index (Phi) is 2.45. The summed E-state index contributed by atoms with van der Waals surface area (Å²) in [4.78, 5) is 8.93. The fourth-order valence-electron chi connectivity index (χ4n) is 2.01. The largest absolute Gasteiger partial charge is 0.508 e. The molecule has 0 unspecified atom stereocenters. The van der Waals surface area contributed by atoms with Crippen LogP contribution in [-0.2, 0) is 0 Å². The molecule has 3 aromatic rings. The van der Waals surface area contributed by atoms with Crippen molar-refractivity contribution in [2.24, 2.45) is 0 Å². The highest BCUT2D eigenvalue weighted by molar-refractivity contribution is 5.77. The van der Waals surface area contributed by atoms with Crippen LogP contribution < -0.4 is 0 Å². The first-order valence-electron chi connectivity index (χ1n) is 5.75. The van der Waals surface area contributed by atoms with Gasteiger partial charge in [-0.2, -0.15) is 0 Å². The normalized spacial score (nSPS) is 10.7. The topological polar surface area (TPSA) is 46.0 Å². The van der Waals surface area contributed by atoms with Gasteiger partial charge in [-0.3, -0.25) is 4.98 Å². The molecule has 0 saturated carbocycles. The van der Waals surface area contributed by atoms with Crippen LogP contribution in [0.4, 0.5) is 0 Å². The van der Waals surface area contributed by atoms with Gasteiger partial charge in [0, 0.05) is 5.56 Å². The molecule has 1 aromatic heterocycles. The quantitative estimate of drug-likeness (QED) is 0.705. The number of aromatic nitrogens is 2. The summed E-state index contributed by atoms with van der Waals surface area (Å²) in [5.74, 6) is 0.250. The standard InChI is InChI=1S/C15H12N2O/c1-10-6-11(8-12(18)7-10)15-9-16-13-4-2-3-5-14(13)17-15/h2-9,18H,1H3. The Morgan fingerprint density at radius 1 is 1.00 bits per heavy atom. The molecule has 0 bridgehead atoms. The van der Waals surface area contributed by atoms with Gasteiger partial charge in [0.15, 0.2) is 0 Å². The van der Waals surface area contributed by atoms with E-state index in [2.05, 4.69) is 9.97 Å². The summed E-state index contributed by atoms with van der Waals surface area (Å²) in [5.41, 5.74) is 4.38. The minimum Gasteiger partial charge on any atom is -0.508 e. The van der Waals surface area contributed by atoms with Gasteiger partial charge in [-0.1, -0.05) is 12.1 Å². The molecule has 0 radical (unpaired) electrons. The zero-order chi connectivity index (χ0) is 12.5. The first kappa shape index (κ1) is 10.7. The second-order valence-electron chi connectivity index (χ2n) is 4.30. The second-order valence-corrected chi connectivity index (χ2v) is 4.30. The van der Waals surface area contributed by atoms with Crippen LogP contribution >= 0.6 is 0 Å². The maximum atomic E-state index is 9.62. The van der Waals surface area contributed by atoms with E-state index in [1.54, 1.807) is 18.3 Å². The fraction of sp³-hybridized carbons (Fsp3) is 0.0667. The van der Waals surface area contributed by atoms with E-state index < -0.39 is 0 Å². The van der Waals surface area contributed by atoms with Crippen LogP contribution in [0.15, 0.2) is 48.7 Å². The molecule has 0 aliphatic rings. The zero-order valence-corrected chi connectivity index (χ0v) is 9.96. The Morgan fingerprint density at radius 3 is 2.56 bits per heavy atom. The van der Waals surface area contributed by atoms with E-state index in [1.165, 1.54) is 0 Å². The van der Waals surface area contributed by atoms with Gasteiger partial charge in [0.25, 0.3) is 0 Å². The number of rotatable bonds is 1. The molecule has 88 valence electrons. The molecule has 1 N–H and O–H groups in total. The highest BCUT2D eigenvalue weighted by atomic mass is 16.3. The van der Waals surface area contributed by atoms with Gasteiger partial charge in [-0.25, -0.2) is 4.98 Å². The molecule has 0 saturated heterocycles. The Bertz CT molecular complexity index is 702. The third kappa shape index (κ3) is 1.91. The molecule has 3 heteroatoms. The van der Waals surface area contributed by atoms with Crippen LogP contribution in [-0.4, -0.2) is 15.1 Å². The summed E-state index contributed by atoms with van der Waals surface area (Å²) in [6.07, 6.45) is 1.73. The molecule has 18 heavy (non-hydrogen) atoms. The number of phenolic OH excluding ortho intramolecular Hbond substituents is 1. The third-order valence-electron chi connectivity index (χ3n) is 2.81. The summed E-state index contributed by atoms with van der Waals surface area (Å²) < 4.78 is 0. The van der Waals surface area contributed by atoms with Gasteiger partial charge in [0.05, 0.1) is 22.9 Å². The third-order valence-corrected chi connectivity index (χ3v) is 2.81. The van der Waals surface area contributed by atoms with E-state index in [0.717, 1.165) is 27.9 Å². The molecule has 0 fully saturated rings. The number of nitrogens with zero attached hydrogens (tertiary/aromatic N) is 2. The van der Waals surface area contributed by atoms with E-state index in [0.29, 0.717) is 0 Å². The predicted octanol–water partition coefficient (Wildman–Crippen LogP) is 3.31. The first-order valence-corrected chi connectivity index (χ1v) is 5.75. The van der Waals surface area contributed by atoms with Crippen molar-refractivity contribution < 1.29 is 5.11 Å². The minimum atomic E-state index is 0.250. The molecule has 2 aromatic carbocycles. The molecular weight excluding hydrogens is 224 g/mol. The van der Waals surface area contributed by atoms with Gasteiger partial charge in [-0.05, 0) is 42.8 Å². The summed E-state index contributed by atoms with van der Waals surface area (Å²) in [5, 5.41) is 9.62. The molecule has 0 aliphatic carbocycles. The van der Waals surface area contributed by atoms with Gasteiger partial charge in [-0.15, -0.1) is 0 Å². The molecule has 0 spiro atoms. The van der Waals surface area contributed by atoms with Crippen molar-refractivity contribution in [2.45, 2.75) is 6.92 Å². The Labute approximate surface area is 105 Å². The SMILES string of the molecule is Cc1cc(O)cc(-c2cnc3ccccc3n2)c1. The van der Waals surface area contributed by atoms with Crippen molar-refractivity contribution >= 4 is 11.0 Å². The van der Waals surface area contributed by atoms with Crippen molar-refractivity contribution in [3.8, 4) is 17.0 Å². The van der Waals surface area contributed by atoms with Crippen molar-refractivity contribution in [2.75, 3.05) is 0 Å². The van der Waals surface area contributed by atoms with Crippen LogP contribution in [0.1, 0.15) is 5.56 Å². The number of para-hydroxylation sites is 2. The van der Waals surface area contributed by atoms with Crippen molar-refractivity contribution in [1.29, 1.82) is 0 Å². The lowest BCUT2D eigenvalue weighted by Gasteiger charge is -2.04. The lowest BCUT2D eigenvalue weighted by atomic mass is 10.1. The van der Waals surface area contributed by atoms with Gasteiger partial charge in [0.2, 0.25) is 0 Å². The van der Waals surface area contributed by atoms with Crippen LogP contribution in [0.3, 0.4) is 0 Å². The van der Waals surface area contributed by atoms with E-state index >= 15 is 0 Å². The molecular formula is C15H12N2O. The summed E-state index contributed by atoms with van der Waals surface area (Å²) >= 11 is 0. The maximum absolute atomic E-state index is 9.62. The number of aromatic hydroxyl groups is 1. The predicted molar refractivity (Wildman–Crippen MR) is 71.4 cm³/mol. The number of hydrogen-bond donors (Lipinski definition) is 1. The second kappa shape index (κ2) is 4.11. The van der Waals surface area contributed by atoms with Crippen molar-refractivity contribution in [1.82, 2.24) is 9.97 Å². The van der Waals surface area contributed by atoms with Crippen molar-refractivity contribution in [3.05, 3.63) is 54.2 Å². The monoisotopic (exact) mass is 236 g/mol. The first-order chi connectivity index (χ1) is 8.72. The number of fused-ring (bicyclic) bond motifs is 1. The average molecular weight is 236 g/mol. The van der Waals surface area contributed by atoms with Crippen molar-refractivity contribution in [3.63, 3.8) is 0 Å². The van der Waals surface area contributed by atoms with Crippen LogP contribution in [0, 0.1) is 6.92 Å². The van der Waals surface area contributed by atoms with E-state index in [4.69, 9.17) is 0 Å². The lowest BCUT2D eigenvalue weighted by molar-refractivity contribution is 0.475. The highest BCUT2D eigenvalue weighted by Crippen LogP contribution is 2.24. The maximum Gasteiger partial charge on any atom is 0.116 e. The fourth-order valence-corrected chi connectivity index (χ4v) is 2.01. The van der Waals surface area contributed by atoms with E-state index in [-0.39, 0.29) is 5.75 Å². The molecule has 3 rings (SSSR count). The number of aryl methyl sites for hydroxylation is 1. The Hall–Kier alpha value is -2.42. The van der Waals surface area contributed by atoms with Crippen LogP contribution in [0.2, 0.25) is 0 Å². The smallest absolute Gasteiger partial charge is 0.116 e. The summed E-state index contributed by atoms with van der Waals surface area (Å²) in [7, 11) is 0. The molecule has 0 atom stereocenters. The molecule has 0 aliphatic heterocycles. The Balaban J connectivity index is 2.19. The number of benzene rings is 2. The molecule has 1 heterocycles. The van der Waals surface area contributed by atoms with Gasteiger partial charge in [0.1, 0.15) is 5.75 Å². The van der Waals surface area contributed by atoms with Gasteiger partial charge >= 0.3 is 0 Å². The van der Waals surface area contributed by atoms with Crippen LogP contribution in [0.5, 0.6) is 5.75 Å². The lowest BCUT2D eigenvalue weighted by Crippen LogP contribution is -1.88. The summed E-state index contributed by atoms with van der Waals surface area (Å²) in [6, 6.07) is 13.1. The highest BCUT2D eigenvalue weighted by Gasteiger charge is 2.04. The molecule has 3 nitrogen and oxygen atoms in total. The summed E-state index contributed by atoms with van der Waals surface area (Å²) in [6.45, 7) is 1.94. The van der Waals surface area contributed by atoms with E-state index in [9.17, 15) is 5.11 Å². The zero-order valence-electron chi connectivity index (χ0n) is 9.96. The van der Waals surface area contributed by atoms with Gasteiger partial charge < -0.3 is 5.11 Å². The number of phenols is 1. The van der Waals surface area contributed by atoms with Crippen LogP contribution in [0.25, 0.3) is 22.3 Å². The average Bonchev–Trinajstić information content (AvgIpc) is 2.37. The number of hydrogen-bond acceptors (Lipinski definition) is 3. The van der Waals surface area contributed by atoms with E-state index in [1.807, 2.05) is 37.3 Å². The molecule has 0 amide bonds. The Morgan fingerprint density at radius 2 is 1.78 bits per heavy atom.